The molecule has 0 heterocycles. The summed E-state index contributed by atoms with van der Waals surface area (Å²) in [6.07, 6.45) is 0. The normalized spacial score (nSPS) is 10.2. The summed E-state index contributed by atoms with van der Waals surface area (Å²) in [4.78, 5) is 12.3. The standard InChI is InChI=1S/C16H19N3O2/c1-11-8-14(19-17)6-7-15(11)16(20)18-13-5-3-4-12(9-13)10-21-2/h3-9,19H,10,17H2,1-2H3,(H,18,20). The smallest absolute Gasteiger partial charge is 0.255 e. The van der Waals surface area contributed by atoms with Gasteiger partial charge < -0.3 is 15.5 Å². The molecule has 110 valence electrons. The van der Waals surface area contributed by atoms with E-state index in [1.54, 1.807) is 19.2 Å². The Labute approximate surface area is 124 Å². The van der Waals surface area contributed by atoms with Crippen LogP contribution in [0.4, 0.5) is 11.4 Å². The highest BCUT2D eigenvalue weighted by Gasteiger charge is 2.10. The minimum atomic E-state index is -0.148. The zero-order valence-corrected chi connectivity index (χ0v) is 12.1. The topological polar surface area (TPSA) is 76.4 Å². The Bertz CT molecular complexity index is 641. The van der Waals surface area contributed by atoms with Gasteiger partial charge in [-0.25, -0.2) is 0 Å². The van der Waals surface area contributed by atoms with Crippen molar-refractivity contribution in [2.75, 3.05) is 17.9 Å². The maximum absolute atomic E-state index is 12.3. The molecule has 0 aliphatic carbocycles. The summed E-state index contributed by atoms with van der Waals surface area (Å²) >= 11 is 0. The van der Waals surface area contributed by atoms with Gasteiger partial charge in [-0.1, -0.05) is 12.1 Å². The average molecular weight is 285 g/mol. The van der Waals surface area contributed by atoms with Crippen LogP contribution in [-0.2, 0) is 11.3 Å². The molecule has 0 atom stereocenters. The number of carbonyl (C=O) groups is 1. The first-order valence-corrected chi connectivity index (χ1v) is 6.60. The Morgan fingerprint density at radius 3 is 2.67 bits per heavy atom. The van der Waals surface area contributed by atoms with Gasteiger partial charge in [0, 0.05) is 24.0 Å². The van der Waals surface area contributed by atoms with Crippen molar-refractivity contribution in [3.05, 3.63) is 59.2 Å². The van der Waals surface area contributed by atoms with Crippen LogP contribution in [0.25, 0.3) is 0 Å². The molecule has 0 aliphatic rings. The Morgan fingerprint density at radius 1 is 1.19 bits per heavy atom. The van der Waals surface area contributed by atoms with E-state index >= 15 is 0 Å². The molecule has 0 unspecified atom stereocenters. The van der Waals surface area contributed by atoms with Crippen LogP contribution in [-0.4, -0.2) is 13.0 Å². The second kappa shape index (κ2) is 6.88. The van der Waals surface area contributed by atoms with Crippen LogP contribution >= 0.6 is 0 Å². The molecule has 2 rings (SSSR count). The second-order valence-electron chi connectivity index (χ2n) is 4.76. The first kappa shape index (κ1) is 15.0. The van der Waals surface area contributed by atoms with E-state index in [0.29, 0.717) is 12.2 Å². The molecule has 0 radical (unpaired) electrons. The molecular formula is C16H19N3O2. The molecule has 1 amide bonds. The first-order valence-electron chi connectivity index (χ1n) is 6.60. The maximum atomic E-state index is 12.3. The maximum Gasteiger partial charge on any atom is 0.255 e. The van der Waals surface area contributed by atoms with Gasteiger partial charge >= 0.3 is 0 Å². The number of ether oxygens (including phenoxy) is 1. The number of amides is 1. The zero-order chi connectivity index (χ0) is 15.2. The van der Waals surface area contributed by atoms with Crippen LogP contribution < -0.4 is 16.6 Å². The highest BCUT2D eigenvalue weighted by molar-refractivity contribution is 6.05. The van der Waals surface area contributed by atoms with Gasteiger partial charge in [0.25, 0.3) is 5.91 Å². The summed E-state index contributed by atoms with van der Waals surface area (Å²) in [5.74, 6) is 5.20. The fourth-order valence-corrected chi connectivity index (χ4v) is 2.11. The zero-order valence-electron chi connectivity index (χ0n) is 12.1. The molecule has 4 N–H and O–H groups in total. The summed E-state index contributed by atoms with van der Waals surface area (Å²) in [6.45, 7) is 2.39. The third-order valence-corrected chi connectivity index (χ3v) is 3.13. The first-order chi connectivity index (χ1) is 10.1. The van der Waals surface area contributed by atoms with E-state index in [0.717, 1.165) is 22.5 Å². The lowest BCUT2D eigenvalue weighted by molar-refractivity contribution is 0.102. The van der Waals surface area contributed by atoms with Gasteiger partial charge in [0.15, 0.2) is 0 Å². The molecule has 0 spiro atoms. The second-order valence-corrected chi connectivity index (χ2v) is 4.76. The number of nitrogen functional groups attached to an aromatic ring is 1. The molecule has 0 aliphatic heterocycles. The quantitative estimate of drug-likeness (QED) is 0.583. The van der Waals surface area contributed by atoms with Crippen molar-refractivity contribution in [1.29, 1.82) is 0 Å². The number of carbonyl (C=O) groups excluding carboxylic acids is 1. The number of hydrogen-bond acceptors (Lipinski definition) is 4. The Hall–Kier alpha value is -2.37. The van der Waals surface area contributed by atoms with Crippen LogP contribution in [0.1, 0.15) is 21.5 Å². The monoisotopic (exact) mass is 285 g/mol. The lowest BCUT2D eigenvalue weighted by Crippen LogP contribution is -2.14. The van der Waals surface area contributed by atoms with Crippen LogP contribution in [0.5, 0.6) is 0 Å². The van der Waals surface area contributed by atoms with E-state index in [1.807, 2.05) is 37.3 Å². The van der Waals surface area contributed by atoms with E-state index in [-0.39, 0.29) is 5.91 Å². The number of benzene rings is 2. The van der Waals surface area contributed by atoms with Crippen molar-refractivity contribution < 1.29 is 9.53 Å². The van der Waals surface area contributed by atoms with Crippen LogP contribution in [0.15, 0.2) is 42.5 Å². The number of nitrogens with two attached hydrogens (primary N) is 1. The van der Waals surface area contributed by atoms with Gasteiger partial charge in [-0.15, -0.1) is 0 Å². The fourth-order valence-electron chi connectivity index (χ4n) is 2.11. The van der Waals surface area contributed by atoms with Gasteiger partial charge in [0.05, 0.1) is 6.61 Å². The van der Waals surface area contributed by atoms with Gasteiger partial charge in [-0.05, 0) is 48.4 Å². The summed E-state index contributed by atoms with van der Waals surface area (Å²) in [5, 5.41) is 2.89. The molecule has 2 aromatic rings. The SMILES string of the molecule is COCc1cccc(NC(=O)c2ccc(NN)cc2C)c1. The van der Waals surface area contributed by atoms with Crippen molar-refractivity contribution in [3.63, 3.8) is 0 Å². The number of hydrazine groups is 1. The highest BCUT2D eigenvalue weighted by Crippen LogP contribution is 2.17. The summed E-state index contributed by atoms with van der Waals surface area (Å²) in [7, 11) is 1.64. The lowest BCUT2D eigenvalue weighted by Gasteiger charge is -2.10. The van der Waals surface area contributed by atoms with Gasteiger partial charge in [0.2, 0.25) is 0 Å². The number of methoxy groups -OCH3 is 1. The summed E-state index contributed by atoms with van der Waals surface area (Å²) in [5.41, 5.74) is 6.56. The van der Waals surface area contributed by atoms with Crippen molar-refractivity contribution >= 4 is 17.3 Å². The lowest BCUT2D eigenvalue weighted by atomic mass is 10.1. The predicted octanol–water partition coefficient (Wildman–Crippen LogP) is 2.68. The predicted molar refractivity (Wildman–Crippen MR) is 84.1 cm³/mol. The van der Waals surface area contributed by atoms with E-state index < -0.39 is 0 Å². The van der Waals surface area contributed by atoms with Crippen LogP contribution in [0.2, 0.25) is 0 Å². The summed E-state index contributed by atoms with van der Waals surface area (Å²) in [6, 6.07) is 12.9. The average Bonchev–Trinajstić information content (AvgIpc) is 2.47. The van der Waals surface area contributed by atoms with Gasteiger partial charge in [0.1, 0.15) is 0 Å². The Balaban J connectivity index is 2.16. The number of rotatable bonds is 5. The molecule has 0 saturated carbocycles. The van der Waals surface area contributed by atoms with E-state index in [9.17, 15) is 4.79 Å². The molecule has 0 fully saturated rings. The van der Waals surface area contributed by atoms with Crippen molar-refractivity contribution in [2.45, 2.75) is 13.5 Å². The van der Waals surface area contributed by atoms with E-state index in [2.05, 4.69) is 10.7 Å². The van der Waals surface area contributed by atoms with Crippen LogP contribution in [0.3, 0.4) is 0 Å². The molecule has 0 saturated heterocycles. The fraction of sp³-hybridized carbons (Fsp3) is 0.188. The third-order valence-electron chi connectivity index (χ3n) is 3.13. The molecular weight excluding hydrogens is 266 g/mol. The van der Waals surface area contributed by atoms with Crippen LogP contribution in [0, 0.1) is 6.92 Å². The van der Waals surface area contributed by atoms with E-state index in [4.69, 9.17) is 10.6 Å². The molecule has 21 heavy (non-hydrogen) atoms. The van der Waals surface area contributed by atoms with Gasteiger partial charge in [-0.2, -0.15) is 0 Å². The molecule has 0 aromatic heterocycles. The Morgan fingerprint density at radius 2 is 2.00 bits per heavy atom. The number of hydrogen-bond donors (Lipinski definition) is 3. The highest BCUT2D eigenvalue weighted by atomic mass is 16.5. The Kier molecular flexibility index (Phi) is 4.92. The molecule has 2 aromatic carbocycles. The molecule has 5 nitrogen and oxygen atoms in total. The van der Waals surface area contributed by atoms with E-state index in [1.165, 1.54) is 0 Å². The number of nitrogens with one attached hydrogen (secondary N) is 2. The minimum Gasteiger partial charge on any atom is -0.380 e. The van der Waals surface area contributed by atoms with Gasteiger partial charge in [-0.3, -0.25) is 10.6 Å². The molecule has 5 heteroatoms. The van der Waals surface area contributed by atoms with Crippen molar-refractivity contribution in [3.8, 4) is 0 Å². The molecule has 0 bridgehead atoms. The minimum absolute atomic E-state index is 0.148. The summed E-state index contributed by atoms with van der Waals surface area (Å²) < 4.78 is 5.09. The van der Waals surface area contributed by atoms with Crippen molar-refractivity contribution in [1.82, 2.24) is 0 Å². The third kappa shape index (κ3) is 3.81. The largest absolute Gasteiger partial charge is 0.380 e. The number of aryl methyl sites for hydroxylation is 1. The number of anilines is 2. The van der Waals surface area contributed by atoms with Crippen molar-refractivity contribution in [2.24, 2.45) is 5.84 Å².